The zero-order valence-electron chi connectivity index (χ0n) is 14.3. The molecule has 0 radical (unpaired) electrons. The van der Waals surface area contributed by atoms with Crippen molar-refractivity contribution in [3.8, 4) is 11.1 Å². The van der Waals surface area contributed by atoms with E-state index in [0.29, 0.717) is 22.0 Å². The molecule has 0 saturated carbocycles. The fourth-order valence-electron chi connectivity index (χ4n) is 2.86. The lowest BCUT2D eigenvalue weighted by atomic mass is 10.0. The van der Waals surface area contributed by atoms with E-state index in [-0.39, 0.29) is 0 Å². The SMILES string of the molecule is FC(F)(F)c1ccc(-c2cc(Nc3ccc4cccnc4c3)ncc2Cl)cc1. The van der Waals surface area contributed by atoms with Crippen LogP contribution in [-0.4, -0.2) is 9.97 Å². The molecule has 3 nitrogen and oxygen atoms in total. The molecular formula is C21H13ClF3N3. The molecule has 4 aromatic rings. The van der Waals surface area contributed by atoms with Crippen molar-refractivity contribution in [3.63, 3.8) is 0 Å². The summed E-state index contributed by atoms with van der Waals surface area (Å²) in [5.41, 5.74) is 2.09. The predicted octanol–water partition coefficient (Wildman–Crippen LogP) is 6.71. The highest BCUT2D eigenvalue weighted by molar-refractivity contribution is 6.33. The summed E-state index contributed by atoms with van der Waals surface area (Å²) in [7, 11) is 0. The molecule has 0 aliphatic heterocycles. The largest absolute Gasteiger partial charge is 0.416 e. The summed E-state index contributed by atoms with van der Waals surface area (Å²) in [6.07, 6.45) is -1.19. The summed E-state index contributed by atoms with van der Waals surface area (Å²) < 4.78 is 38.3. The van der Waals surface area contributed by atoms with E-state index >= 15 is 0 Å². The van der Waals surface area contributed by atoms with Crippen LogP contribution in [0.25, 0.3) is 22.0 Å². The monoisotopic (exact) mass is 399 g/mol. The standard InChI is InChI=1S/C21H13ClF3N3/c22-18-12-27-20(28-16-8-5-14-2-1-9-26-19(14)10-16)11-17(18)13-3-6-15(7-4-13)21(23,24)25/h1-12H,(H,27,28). The topological polar surface area (TPSA) is 37.8 Å². The average Bonchev–Trinajstić information content (AvgIpc) is 2.69. The quantitative estimate of drug-likeness (QED) is 0.416. The van der Waals surface area contributed by atoms with Gasteiger partial charge in [0, 0.05) is 29.0 Å². The van der Waals surface area contributed by atoms with Gasteiger partial charge in [0.2, 0.25) is 0 Å². The number of nitrogens with one attached hydrogen (secondary N) is 1. The lowest BCUT2D eigenvalue weighted by Crippen LogP contribution is -2.04. The van der Waals surface area contributed by atoms with E-state index in [4.69, 9.17) is 11.6 Å². The second-order valence-corrected chi connectivity index (χ2v) is 6.57. The molecule has 2 aromatic heterocycles. The Labute approximate surface area is 163 Å². The van der Waals surface area contributed by atoms with E-state index < -0.39 is 11.7 Å². The first kappa shape index (κ1) is 18.3. The van der Waals surface area contributed by atoms with Crippen LogP contribution >= 0.6 is 11.6 Å². The number of hydrogen-bond acceptors (Lipinski definition) is 3. The van der Waals surface area contributed by atoms with Crippen LogP contribution in [0.1, 0.15) is 5.56 Å². The number of hydrogen-bond donors (Lipinski definition) is 1. The van der Waals surface area contributed by atoms with Gasteiger partial charge in [-0.05, 0) is 42.0 Å². The summed E-state index contributed by atoms with van der Waals surface area (Å²) in [6.45, 7) is 0. The molecule has 0 fully saturated rings. The highest BCUT2D eigenvalue weighted by Crippen LogP contribution is 2.34. The van der Waals surface area contributed by atoms with Crippen LogP contribution in [-0.2, 0) is 6.18 Å². The molecule has 0 atom stereocenters. The van der Waals surface area contributed by atoms with Gasteiger partial charge in [0.1, 0.15) is 5.82 Å². The van der Waals surface area contributed by atoms with Crippen molar-refractivity contribution in [1.82, 2.24) is 9.97 Å². The van der Waals surface area contributed by atoms with Gasteiger partial charge in [0.05, 0.1) is 16.1 Å². The van der Waals surface area contributed by atoms with Crippen molar-refractivity contribution in [2.75, 3.05) is 5.32 Å². The minimum atomic E-state index is -4.38. The molecule has 0 aliphatic carbocycles. The maximum atomic E-state index is 12.8. The van der Waals surface area contributed by atoms with Crippen LogP contribution in [0, 0.1) is 0 Å². The molecule has 0 amide bonds. The molecule has 0 spiro atoms. The van der Waals surface area contributed by atoms with Gasteiger partial charge in [0.25, 0.3) is 0 Å². The molecule has 2 heterocycles. The van der Waals surface area contributed by atoms with Crippen molar-refractivity contribution in [2.24, 2.45) is 0 Å². The van der Waals surface area contributed by atoms with Crippen molar-refractivity contribution in [1.29, 1.82) is 0 Å². The third-order valence-electron chi connectivity index (χ3n) is 4.26. The zero-order chi connectivity index (χ0) is 19.7. The Morgan fingerprint density at radius 3 is 2.43 bits per heavy atom. The number of aromatic nitrogens is 2. The Bertz CT molecular complexity index is 1140. The van der Waals surface area contributed by atoms with Crippen LogP contribution in [0.4, 0.5) is 24.7 Å². The summed E-state index contributed by atoms with van der Waals surface area (Å²) in [5, 5.41) is 4.55. The Kier molecular flexibility index (Phi) is 4.65. The van der Waals surface area contributed by atoms with E-state index in [1.807, 2.05) is 30.3 Å². The lowest BCUT2D eigenvalue weighted by molar-refractivity contribution is -0.137. The minimum absolute atomic E-state index is 0.352. The van der Waals surface area contributed by atoms with Crippen molar-refractivity contribution < 1.29 is 13.2 Å². The second kappa shape index (κ2) is 7.13. The van der Waals surface area contributed by atoms with Crippen molar-refractivity contribution in [3.05, 3.63) is 83.6 Å². The average molecular weight is 400 g/mol. The van der Waals surface area contributed by atoms with E-state index in [2.05, 4.69) is 15.3 Å². The molecule has 2 aromatic carbocycles. The van der Waals surface area contributed by atoms with Crippen LogP contribution in [0.2, 0.25) is 5.02 Å². The first-order valence-corrected chi connectivity index (χ1v) is 8.73. The molecule has 0 aliphatic rings. The third kappa shape index (κ3) is 3.77. The Balaban J connectivity index is 1.64. The number of halogens is 4. The highest BCUT2D eigenvalue weighted by atomic mass is 35.5. The normalized spacial score (nSPS) is 11.6. The van der Waals surface area contributed by atoms with Gasteiger partial charge < -0.3 is 5.32 Å². The smallest absolute Gasteiger partial charge is 0.340 e. The maximum Gasteiger partial charge on any atom is 0.416 e. The Morgan fingerprint density at radius 1 is 0.893 bits per heavy atom. The number of fused-ring (bicyclic) bond motifs is 1. The van der Waals surface area contributed by atoms with Crippen LogP contribution in [0.3, 0.4) is 0 Å². The molecular weight excluding hydrogens is 387 g/mol. The van der Waals surface area contributed by atoms with Crippen LogP contribution in [0.15, 0.2) is 73.1 Å². The van der Waals surface area contributed by atoms with E-state index in [1.165, 1.54) is 18.3 Å². The first-order chi connectivity index (χ1) is 13.4. The summed E-state index contributed by atoms with van der Waals surface area (Å²) in [4.78, 5) is 8.57. The van der Waals surface area contributed by atoms with Gasteiger partial charge in [-0.25, -0.2) is 4.98 Å². The number of alkyl halides is 3. The number of benzene rings is 2. The predicted molar refractivity (Wildman–Crippen MR) is 105 cm³/mol. The molecule has 7 heteroatoms. The van der Waals surface area contributed by atoms with Crippen molar-refractivity contribution in [2.45, 2.75) is 6.18 Å². The van der Waals surface area contributed by atoms with E-state index in [1.54, 1.807) is 12.3 Å². The van der Waals surface area contributed by atoms with Gasteiger partial charge in [-0.3, -0.25) is 4.98 Å². The number of rotatable bonds is 3. The van der Waals surface area contributed by atoms with Gasteiger partial charge in [-0.1, -0.05) is 35.9 Å². The number of anilines is 2. The Hall–Kier alpha value is -3.12. The highest BCUT2D eigenvalue weighted by Gasteiger charge is 2.30. The maximum absolute atomic E-state index is 12.8. The molecule has 0 saturated heterocycles. The van der Waals surface area contributed by atoms with Crippen LogP contribution < -0.4 is 5.32 Å². The van der Waals surface area contributed by atoms with E-state index in [9.17, 15) is 13.2 Å². The Morgan fingerprint density at radius 2 is 1.68 bits per heavy atom. The molecule has 4 rings (SSSR count). The molecule has 0 bridgehead atoms. The van der Waals surface area contributed by atoms with Crippen LogP contribution in [0.5, 0.6) is 0 Å². The summed E-state index contributed by atoms with van der Waals surface area (Å²) in [5.74, 6) is 0.523. The third-order valence-corrected chi connectivity index (χ3v) is 4.56. The van der Waals surface area contributed by atoms with Gasteiger partial charge in [0.15, 0.2) is 0 Å². The molecule has 140 valence electrons. The summed E-state index contributed by atoms with van der Waals surface area (Å²) >= 11 is 6.22. The molecule has 0 unspecified atom stereocenters. The fourth-order valence-corrected chi connectivity index (χ4v) is 3.07. The fraction of sp³-hybridized carbons (Fsp3) is 0.0476. The minimum Gasteiger partial charge on any atom is -0.340 e. The number of nitrogens with zero attached hydrogens (tertiary/aromatic N) is 2. The second-order valence-electron chi connectivity index (χ2n) is 6.16. The molecule has 28 heavy (non-hydrogen) atoms. The van der Waals surface area contributed by atoms with E-state index in [0.717, 1.165) is 28.7 Å². The van der Waals surface area contributed by atoms with Gasteiger partial charge in [-0.15, -0.1) is 0 Å². The zero-order valence-corrected chi connectivity index (χ0v) is 15.1. The van der Waals surface area contributed by atoms with Gasteiger partial charge >= 0.3 is 6.18 Å². The van der Waals surface area contributed by atoms with Gasteiger partial charge in [-0.2, -0.15) is 13.2 Å². The number of pyridine rings is 2. The molecule has 1 N–H and O–H groups in total. The lowest BCUT2D eigenvalue weighted by Gasteiger charge is -2.11. The van der Waals surface area contributed by atoms with Crippen molar-refractivity contribution >= 4 is 34.0 Å². The summed E-state index contributed by atoms with van der Waals surface area (Å²) in [6, 6.07) is 16.1. The first-order valence-electron chi connectivity index (χ1n) is 8.35.